The van der Waals surface area contributed by atoms with E-state index in [1.807, 2.05) is 14.1 Å². The fourth-order valence-electron chi connectivity index (χ4n) is 2.03. The highest BCUT2D eigenvalue weighted by atomic mass is 16.4. The molecule has 0 atom stereocenters. The van der Waals surface area contributed by atoms with Crippen molar-refractivity contribution in [3.63, 3.8) is 0 Å². The molecule has 0 aliphatic carbocycles. The van der Waals surface area contributed by atoms with E-state index in [1.165, 1.54) is 0 Å². The van der Waals surface area contributed by atoms with Gasteiger partial charge in [0.05, 0.1) is 11.3 Å². The van der Waals surface area contributed by atoms with Crippen molar-refractivity contribution in [1.29, 1.82) is 0 Å². The molecule has 0 saturated heterocycles. The Kier molecular flexibility index (Phi) is 5.87. The van der Waals surface area contributed by atoms with Crippen molar-refractivity contribution < 1.29 is 9.90 Å². The van der Waals surface area contributed by atoms with Gasteiger partial charge in [0.25, 0.3) is 0 Å². The number of rotatable bonds is 8. The number of carbonyl (C=O) groups is 1. The predicted molar refractivity (Wildman–Crippen MR) is 90.4 cm³/mol. The lowest BCUT2D eigenvalue weighted by Gasteiger charge is -2.11. The monoisotopic (exact) mass is 315 g/mol. The summed E-state index contributed by atoms with van der Waals surface area (Å²) in [5, 5.41) is 15.4. The first-order valence-corrected chi connectivity index (χ1v) is 7.37. The number of aromatic nitrogens is 2. The molecule has 0 saturated carbocycles. The van der Waals surface area contributed by atoms with Crippen molar-refractivity contribution in [1.82, 2.24) is 14.9 Å². The Labute approximate surface area is 135 Å². The minimum absolute atomic E-state index is 0.201. The van der Waals surface area contributed by atoms with Crippen LogP contribution in [0.25, 0.3) is 0 Å². The van der Waals surface area contributed by atoms with Gasteiger partial charge in [0.2, 0.25) is 5.95 Å². The highest BCUT2D eigenvalue weighted by molar-refractivity contribution is 5.94. The van der Waals surface area contributed by atoms with Gasteiger partial charge in [-0.2, -0.15) is 4.98 Å². The quantitative estimate of drug-likeness (QED) is 0.644. The van der Waals surface area contributed by atoms with Gasteiger partial charge in [-0.3, -0.25) is 0 Å². The summed E-state index contributed by atoms with van der Waals surface area (Å²) in [6.45, 7) is 1.75. The summed E-state index contributed by atoms with van der Waals surface area (Å²) >= 11 is 0. The number of carboxylic acid groups (broad SMARTS) is 1. The zero-order valence-corrected chi connectivity index (χ0v) is 13.3. The molecular formula is C16H21N5O2. The third kappa shape index (κ3) is 5.23. The maximum absolute atomic E-state index is 11.2. The third-order valence-corrected chi connectivity index (χ3v) is 3.14. The second kappa shape index (κ2) is 8.09. The molecule has 1 aromatic heterocycles. The minimum atomic E-state index is -0.982. The number of nitrogens with zero attached hydrogens (tertiary/aromatic N) is 3. The van der Waals surface area contributed by atoms with Gasteiger partial charge in [0.15, 0.2) is 0 Å². The summed E-state index contributed by atoms with van der Waals surface area (Å²) in [7, 11) is 4.06. The van der Waals surface area contributed by atoms with Crippen molar-refractivity contribution in [2.24, 2.45) is 0 Å². The fraction of sp³-hybridized carbons (Fsp3) is 0.312. The Balaban J connectivity index is 2.01. The van der Waals surface area contributed by atoms with Crippen LogP contribution in [0.3, 0.4) is 0 Å². The van der Waals surface area contributed by atoms with Crippen molar-refractivity contribution >= 4 is 23.4 Å². The number of para-hydroxylation sites is 1. The number of aromatic carboxylic acids is 1. The molecule has 3 N–H and O–H groups in total. The van der Waals surface area contributed by atoms with Gasteiger partial charge in [0, 0.05) is 12.7 Å². The van der Waals surface area contributed by atoms with E-state index in [4.69, 9.17) is 0 Å². The van der Waals surface area contributed by atoms with Crippen molar-refractivity contribution in [2.75, 3.05) is 37.8 Å². The van der Waals surface area contributed by atoms with E-state index in [0.717, 1.165) is 19.5 Å². The zero-order chi connectivity index (χ0) is 16.7. The second-order valence-electron chi connectivity index (χ2n) is 5.32. The van der Waals surface area contributed by atoms with Crippen LogP contribution in [0, 0.1) is 0 Å². The van der Waals surface area contributed by atoms with Crippen LogP contribution in [-0.4, -0.2) is 53.1 Å². The molecule has 0 radical (unpaired) electrons. The number of anilines is 3. The van der Waals surface area contributed by atoms with E-state index < -0.39 is 5.97 Å². The topological polar surface area (TPSA) is 90.4 Å². The fourth-order valence-corrected chi connectivity index (χ4v) is 2.03. The molecule has 23 heavy (non-hydrogen) atoms. The molecule has 0 aliphatic rings. The zero-order valence-electron chi connectivity index (χ0n) is 13.3. The molecule has 2 rings (SSSR count). The lowest BCUT2D eigenvalue weighted by molar-refractivity contribution is 0.0698. The second-order valence-corrected chi connectivity index (χ2v) is 5.32. The highest BCUT2D eigenvalue weighted by Crippen LogP contribution is 2.19. The summed E-state index contributed by atoms with van der Waals surface area (Å²) in [6.07, 6.45) is 2.61. The van der Waals surface area contributed by atoms with E-state index in [2.05, 4.69) is 25.5 Å². The summed E-state index contributed by atoms with van der Waals surface area (Å²) in [4.78, 5) is 21.8. The van der Waals surface area contributed by atoms with E-state index in [1.54, 1.807) is 36.5 Å². The average Bonchev–Trinajstić information content (AvgIpc) is 2.52. The molecular weight excluding hydrogens is 294 g/mol. The molecule has 7 heteroatoms. The summed E-state index contributed by atoms with van der Waals surface area (Å²) in [5.74, 6) is 0.0783. The molecule has 0 aliphatic heterocycles. The SMILES string of the molecule is CN(C)CCCNc1nccc(Nc2ccccc2C(=O)O)n1. The third-order valence-electron chi connectivity index (χ3n) is 3.14. The smallest absolute Gasteiger partial charge is 0.337 e. The Morgan fingerprint density at radius 2 is 2.04 bits per heavy atom. The van der Waals surface area contributed by atoms with Gasteiger partial charge in [0.1, 0.15) is 5.82 Å². The van der Waals surface area contributed by atoms with Gasteiger partial charge >= 0.3 is 5.97 Å². The van der Waals surface area contributed by atoms with Gasteiger partial charge in [-0.05, 0) is 45.3 Å². The van der Waals surface area contributed by atoms with Gasteiger partial charge in [-0.25, -0.2) is 9.78 Å². The van der Waals surface area contributed by atoms with Crippen LogP contribution in [0.5, 0.6) is 0 Å². The van der Waals surface area contributed by atoms with Crippen LogP contribution in [-0.2, 0) is 0 Å². The highest BCUT2D eigenvalue weighted by Gasteiger charge is 2.09. The first-order valence-electron chi connectivity index (χ1n) is 7.37. The first kappa shape index (κ1) is 16.7. The molecule has 2 aromatic rings. The Morgan fingerprint density at radius 1 is 1.26 bits per heavy atom. The van der Waals surface area contributed by atoms with Crippen molar-refractivity contribution in [2.45, 2.75) is 6.42 Å². The van der Waals surface area contributed by atoms with Crippen LogP contribution < -0.4 is 10.6 Å². The maximum Gasteiger partial charge on any atom is 0.337 e. The minimum Gasteiger partial charge on any atom is -0.478 e. The predicted octanol–water partition coefficient (Wildman–Crippen LogP) is 2.28. The lowest BCUT2D eigenvalue weighted by Crippen LogP contribution is -2.17. The molecule has 0 fully saturated rings. The van der Waals surface area contributed by atoms with Crippen molar-refractivity contribution in [3.05, 3.63) is 42.1 Å². The van der Waals surface area contributed by atoms with Crippen LogP contribution in [0.2, 0.25) is 0 Å². The largest absolute Gasteiger partial charge is 0.478 e. The summed E-state index contributed by atoms with van der Waals surface area (Å²) in [6, 6.07) is 8.41. The van der Waals surface area contributed by atoms with Gasteiger partial charge in [-0.1, -0.05) is 12.1 Å². The number of benzene rings is 1. The molecule has 0 amide bonds. The normalized spacial score (nSPS) is 10.6. The van der Waals surface area contributed by atoms with E-state index in [9.17, 15) is 9.90 Å². The first-order chi connectivity index (χ1) is 11.1. The number of hydrogen-bond acceptors (Lipinski definition) is 6. The Hall–Kier alpha value is -2.67. The van der Waals surface area contributed by atoms with Crippen molar-refractivity contribution in [3.8, 4) is 0 Å². The number of nitrogens with one attached hydrogen (secondary N) is 2. The molecule has 1 aromatic carbocycles. The van der Waals surface area contributed by atoms with Crippen LogP contribution in [0.1, 0.15) is 16.8 Å². The van der Waals surface area contributed by atoms with Gasteiger partial charge in [-0.15, -0.1) is 0 Å². The van der Waals surface area contributed by atoms with Crippen LogP contribution >= 0.6 is 0 Å². The average molecular weight is 315 g/mol. The summed E-state index contributed by atoms with van der Waals surface area (Å²) in [5.41, 5.74) is 0.698. The number of hydrogen-bond donors (Lipinski definition) is 3. The molecule has 1 heterocycles. The molecule has 0 unspecified atom stereocenters. The van der Waals surface area contributed by atoms with Crippen LogP contribution in [0.15, 0.2) is 36.5 Å². The molecule has 0 bridgehead atoms. The molecule has 0 spiro atoms. The van der Waals surface area contributed by atoms with E-state index in [-0.39, 0.29) is 5.56 Å². The lowest BCUT2D eigenvalue weighted by atomic mass is 10.2. The number of carboxylic acids is 1. The maximum atomic E-state index is 11.2. The van der Waals surface area contributed by atoms with E-state index >= 15 is 0 Å². The van der Waals surface area contributed by atoms with Crippen LogP contribution in [0.4, 0.5) is 17.5 Å². The Morgan fingerprint density at radius 3 is 2.78 bits per heavy atom. The van der Waals surface area contributed by atoms with E-state index in [0.29, 0.717) is 17.5 Å². The molecule has 7 nitrogen and oxygen atoms in total. The Bertz CT molecular complexity index is 660. The van der Waals surface area contributed by atoms with Gasteiger partial charge < -0.3 is 20.6 Å². The standard InChI is InChI=1S/C16H21N5O2/c1-21(2)11-5-9-17-16-18-10-8-14(20-16)19-13-7-4-3-6-12(13)15(22)23/h3-4,6-8,10H,5,9,11H2,1-2H3,(H,22,23)(H2,17,18,19,20). The summed E-state index contributed by atoms with van der Waals surface area (Å²) < 4.78 is 0. The molecule has 122 valence electrons.